The van der Waals surface area contributed by atoms with Gasteiger partial charge in [-0.25, -0.2) is 4.79 Å². The van der Waals surface area contributed by atoms with Gasteiger partial charge in [-0.05, 0) is 29.7 Å². The van der Waals surface area contributed by atoms with Crippen LogP contribution in [0, 0.1) is 0 Å². The number of amides is 1. The second kappa shape index (κ2) is 9.64. The van der Waals surface area contributed by atoms with Crippen molar-refractivity contribution in [3.63, 3.8) is 0 Å². The van der Waals surface area contributed by atoms with E-state index in [0.717, 1.165) is 29.7 Å². The number of carboxylic acids is 1. The molecule has 2 aromatic rings. The number of unbranched alkanes of at least 4 members (excludes halogenated alkanes) is 1. The molecule has 2 atom stereocenters. The third-order valence-electron chi connectivity index (χ3n) is 4.73. The quantitative estimate of drug-likeness (QED) is 0.709. The summed E-state index contributed by atoms with van der Waals surface area (Å²) in [5.41, 5.74) is 2.01. The summed E-state index contributed by atoms with van der Waals surface area (Å²) >= 11 is 1.50. The summed E-state index contributed by atoms with van der Waals surface area (Å²) in [6.45, 7) is 2.51. The normalized spacial score (nSPS) is 18.8. The van der Waals surface area contributed by atoms with Crippen LogP contribution in [0.15, 0.2) is 54.6 Å². The lowest BCUT2D eigenvalue weighted by atomic mass is 10.1. The highest BCUT2D eigenvalue weighted by Crippen LogP contribution is 2.42. The van der Waals surface area contributed by atoms with Crippen LogP contribution in [0.25, 0.3) is 0 Å². The van der Waals surface area contributed by atoms with E-state index in [1.807, 2.05) is 61.5 Å². The molecule has 0 spiro atoms. The van der Waals surface area contributed by atoms with E-state index in [9.17, 15) is 14.7 Å². The minimum atomic E-state index is -0.942. The molecule has 1 heterocycles. The lowest BCUT2D eigenvalue weighted by Gasteiger charge is -2.27. The standard InChI is InChI=1S/C22H25NO4S/c1-2-3-9-20(24)23-19(22(25)26)15-28-21(23)17-10-12-18(13-11-17)27-14-16-7-5-4-6-8-16/h4-8,10-13,19,21H,2-3,9,14-15H2,1H3,(H,25,26). The van der Waals surface area contributed by atoms with E-state index in [0.29, 0.717) is 18.8 Å². The Labute approximate surface area is 169 Å². The van der Waals surface area contributed by atoms with Crippen molar-refractivity contribution >= 4 is 23.6 Å². The maximum atomic E-state index is 12.7. The Kier molecular flexibility index (Phi) is 6.98. The van der Waals surface area contributed by atoms with Crippen molar-refractivity contribution in [2.24, 2.45) is 0 Å². The highest BCUT2D eigenvalue weighted by atomic mass is 32.2. The second-order valence-corrected chi connectivity index (χ2v) is 7.90. The SMILES string of the molecule is CCCCC(=O)N1C(C(=O)O)CSC1c1ccc(OCc2ccccc2)cc1. The molecule has 0 aliphatic carbocycles. The third-order valence-corrected chi connectivity index (χ3v) is 6.05. The van der Waals surface area contributed by atoms with Crippen LogP contribution in [0.1, 0.15) is 42.7 Å². The molecule has 148 valence electrons. The predicted molar refractivity (Wildman–Crippen MR) is 110 cm³/mol. The van der Waals surface area contributed by atoms with Gasteiger partial charge in [-0.1, -0.05) is 55.8 Å². The van der Waals surface area contributed by atoms with Crippen LogP contribution >= 0.6 is 11.8 Å². The molecular weight excluding hydrogens is 374 g/mol. The summed E-state index contributed by atoms with van der Waals surface area (Å²) in [6, 6.07) is 16.8. The second-order valence-electron chi connectivity index (χ2n) is 6.79. The molecule has 2 aromatic carbocycles. The van der Waals surface area contributed by atoms with Crippen molar-refractivity contribution in [1.29, 1.82) is 0 Å². The number of hydrogen-bond donors (Lipinski definition) is 1. The fourth-order valence-corrected chi connectivity index (χ4v) is 4.63. The number of nitrogens with zero attached hydrogens (tertiary/aromatic N) is 1. The molecule has 0 aromatic heterocycles. The fourth-order valence-electron chi connectivity index (χ4n) is 3.18. The monoisotopic (exact) mass is 399 g/mol. The zero-order valence-electron chi connectivity index (χ0n) is 15.9. The van der Waals surface area contributed by atoms with Gasteiger partial charge < -0.3 is 14.7 Å². The Bertz CT molecular complexity index is 794. The van der Waals surface area contributed by atoms with Gasteiger partial charge >= 0.3 is 5.97 Å². The molecule has 1 saturated heterocycles. The highest BCUT2D eigenvalue weighted by molar-refractivity contribution is 7.99. The average molecular weight is 400 g/mol. The smallest absolute Gasteiger partial charge is 0.327 e. The van der Waals surface area contributed by atoms with Crippen LogP contribution in [0.4, 0.5) is 0 Å². The van der Waals surface area contributed by atoms with E-state index in [4.69, 9.17) is 4.74 Å². The van der Waals surface area contributed by atoms with Gasteiger partial charge in [-0.3, -0.25) is 4.79 Å². The van der Waals surface area contributed by atoms with Crippen LogP contribution in [-0.4, -0.2) is 33.7 Å². The molecule has 6 heteroatoms. The topological polar surface area (TPSA) is 66.8 Å². The minimum Gasteiger partial charge on any atom is -0.489 e. The number of rotatable bonds is 8. The van der Waals surface area contributed by atoms with Gasteiger partial charge in [-0.2, -0.15) is 0 Å². The zero-order chi connectivity index (χ0) is 19.9. The van der Waals surface area contributed by atoms with Crippen LogP contribution in [0.2, 0.25) is 0 Å². The average Bonchev–Trinajstić information content (AvgIpc) is 3.17. The predicted octanol–water partition coefficient (Wildman–Crippen LogP) is 4.48. The van der Waals surface area contributed by atoms with E-state index in [1.54, 1.807) is 4.90 Å². The maximum absolute atomic E-state index is 12.7. The van der Waals surface area contributed by atoms with E-state index in [-0.39, 0.29) is 11.3 Å². The first-order valence-electron chi connectivity index (χ1n) is 9.52. The Morgan fingerprint density at radius 2 is 1.86 bits per heavy atom. The van der Waals surface area contributed by atoms with Gasteiger partial charge in [0, 0.05) is 12.2 Å². The van der Waals surface area contributed by atoms with Crippen molar-refractivity contribution in [3.8, 4) is 5.75 Å². The summed E-state index contributed by atoms with van der Waals surface area (Å²) < 4.78 is 5.81. The van der Waals surface area contributed by atoms with Gasteiger partial charge in [0.15, 0.2) is 0 Å². The molecule has 0 saturated carbocycles. The Balaban J connectivity index is 1.70. The largest absolute Gasteiger partial charge is 0.489 e. The van der Waals surface area contributed by atoms with Gasteiger partial charge in [0.1, 0.15) is 23.8 Å². The number of carbonyl (C=O) groups excluding carboxylic acids is 1. The Morgan fingerprint density at radius 3 is 2.50 bits per heavy atom. The zero-order valence-corrected chi connectivity index (χ0v) is 16.7. The summed E-state index contributed by atoms with van der Waals surface area (Å²) in [5.74, 6) is 0.120. The maximum Gasteiger partial charge on any atom is 0.327 e. The Hall–Kier alpha value is -2.47. The number of aliphatic carboxylic acids is 1. The van der Waals surface area contributed by atoms with E-state index >= 15 is 0 Å². The summed E-state index contributed by atoms with van der Waals surface area (Å²) in [7, 11) is 0. The molecule has 3 rings (SSSR count). The third kappa shape index (κ3) is 4.87. The van der Waals surface area contributed by atoms with Crippen molar-refractivity contribution in [2.75, 3.05) is 5.75 Å². The first kappa shape index (κ1) is 20.3. The molecule has 1 aliphatic rings. The molecule has 1 fully saturated rings. The van der Waals surface area contributed by atoms with Crippen LogP contribution in [0.5, 0.6) is 5.75 Å². The molecule has 1 amide bonds. The van der Waals surface area contributed by atoms with E-state index < -0.39 is 12.0 Å². The first-order valence-corrected chi connectivity index (χ1v) is 10.6. The van der Waals surface area contributed by atoms with Gasteiger partial charge in [-0.15, -0.1) is 11.8 Å². The van der Waals surface area contributed by atoms with Gasteiger partial charge in [0.2, 0.25) is 5.91 Å². The van der Waals surface area contributed by atoms with Crippen molar-refractivity contribution < 1.29 is 19.4 Å². The van der Waals surface area contributed by atoms with Crippen LogP contribution in [-0.2, 0) is 16.2 Å². The summed E-state index contributed by atoms with van der Waals surface area (Å²) in [5, 5.41) is 9.25. The molecule has 0 bridgehead atoms. The van der Waals surface area contributed by atoms with Crippen LogP contribution < -0.4 is 4.74 Å². The molecular formula is C22H25NO4S. The molecule has 0 radical (unpaired) electrons. The number of hydrogen-bond acceptors (Lipinski definition) is 4. The lowest BCUT2D eigenvalue weighted by Crippen LogP contribution is -2.42. The lowest BCUT2D eigenvalue weighted by molar-refractivity contribution is -0.149. The van der Waals surface area contributed by atoms with Gasteiger partial charge in [0.05, 0.1) is 0 Å². The summed E-state index contributed by atoms with van der Waals surface area (Å²) in [4.78, 5) is 25.8. The van der Waals surface area contributed by atoms with E-state index in [2.05, 4.69) is 0 Å². The molecule has 1 aliphatic heterocycles. The minimum absolute atomic E-state index is 0.0892. The van der Waals surface area contributed by atoms with E-state index in [1.165, 1.54) is 11.8 Å². The highest BCUT2D eigenvalue weighted by Gasteiger charge is 2.41. The Morgan fingerprint density at radius 1 is 1.14 bits per heavy atom. The fraction of sp³-hybridized carbons (Fsp3) is 0.364. The van der Waals surface area contributed by atoms with Crippen LogP contribution in [0.3, 0.4) is 0 Å². The summed E-state index contributed by atoms with van der Waals surface area (Å²) in [6.07, 6.45) is 2.06. The number of carbonyl (C=O) groups is 2. The van der Waals surface area contributed by atoms with Crippen molar-refractivity contribution in [2.45, 2.75) is 44.2 Å². The molecule has 28 heavy (non-hydrogen) atoms. The molecule has 5 nitrogen and oxygen atoms in total. The number of ether oxygens (including phenoxy) is 1. The number of thioether (sulfide) groups is 1. The molecule has 1 N–H and O–H groups in total. The number of benzene rings is 2. The van der Waals surface area contributed by atoms with Gasteiger partial charge in [0.25, 0.3) is 0 Å². The number of carboxylic acid groups (broad SMARTS) is 1. The van der Waals surface area contributed by atoms with Crippen molar-refractivity contribution in [1.82, 2.24) is 4.90 Å². The molecule has 2 unspecified atom stereocenters. The first-order chi connectivity index (χ1) is 13.6. The van der Waals surface area contributed by atoms with Crippen molar-refractivity contribution in [3.05, 3.63) is 65.7 Å².